The van der Waals surface area contributed by atoms with Crippen LogP contribution in [0.5, 0.6) is 0 Å². The summed E-state index contributed by atoms with van der Waals surface area (Å²) in [4.78, 5) is 0. The fourth-order valence-corrected chi connectivity index (χ4v) is 3.45. The third-order valence-corrected chi connectivity index (χ3v) is 4.99. The lowest BCUT2D eigenvalue weighted by molar-refractivity contribution is -0.649. The Morgan fingerprint density at radius 2 is 0.941 bits per heavy atom. The minimum atomic E-state index is -6.00. The third kappa shape index (κ3) is 6.70. The first-order valence-electron chi connectivity index (χ1n) is 10.1. The first-order chi connectivity index (χ1) is 15.9. The molecule has 0 aliphatic heterocycles. The van der Waals surface area contributed by atoms with Gasteiger partial charge in [0.2, 0.25) is 11.4 Å². The highest BCUT2D eigenvalue weighted by Gasteiger charge is 2.30. The molecule has 9 heteroatoms. The Balaban J connectivity index is 0.000000588. The molecular formula is C25H19BF7N. The van der Waals surface area contributed by atoms with Crippen molar-refractivity contribution >= 4 is 7.25 Å². The molecule has 0 bridgehead atoms. The lowest BCUT2D eigenvalue weighted by Crippen LogP contribution is -2.34. The molecule has 4 rings (SSSR count). The van der Waals surface area contributed by atoms with Crippen LogP contribution in [0.3, 0.4) is 0 Å². The van der Waals surface area contributed by atoms with Gasteiger partial charge in [0.15, 0.2) is 0 Å². The van der Waals surface area contributed by atoms with Crippen LogP contribution in [-0.2, 0) is 13.2 Å². The van der Waals surface area contributed by atoms with Crippen LogP contribution >= 0.6 is 0 Å². The van der Waals surface area contributed by atoms with Crippen molar-refractivity contribution in [2.75, 3.05) is 0 Å². The van der Waals surface area contributed by atoms with Crippen LogP contribution in [0, 0.1) is 0 Å². The predicted molar refractivity (Wildman–Crippen MR) is 119 cm³/mol. The summed E-state index contributed by atoms with van der Waals surface area (Å²) in [7, 11) is -4.00. The van der Waals surface area contributed by atoms with Gasteiger partial charge in [-0.1, -0.05) is 48.5 Å². The van der Waals surface area contributed by atoms with Crippen molar-refractivity contribution < 1.29 is 35.0 Å². The van der Waals surface area contributed by atoms with E-state index in [0.717, 1.165) is 45.8 Å². The second-order valence-corrected chi connectivity index (χ2v) is 7.38. The maximum atomic E-state index is 12.9. The van der Waals surface area contributed by atoms with E-state index in [-0.39, 0.29) is 0 Å². The van der Waals surface area contributed by atoms with E-state index < -0.39 is 19.0 Å². The van der Waals surface area contributed by atoms with Crippen LogP contribution in [0.4, 0.5) is 30.4 Å². The van der Waals surface area contributed by atoms with E-state index in [9.17, 15) is 30.4 Å². The Labute approximate surface area is 192 Å². The molecule has 0 saturated carbocycles. The maximum absolute atomic E-state index is 12.9. The van der Waals surface area contributed by atoms with Gasteiger partial charge < -0.3 is 17.3 Å². The highest BCUT2D eigenvalue weighted by Crippen LogP contribution is 2.33. The standard InChI is InChI=1S/C25H19F3N.BF4/c1-29-23(19-8-4-2-5-9-19)16-21(17-24(29)20-10-6-3-7-11-20)18-12-14-22(15-13-18)25(26,27)28;2-1(3,4)5/h2-17H,1H3;/q+1;-1. The van der Waals surface area contributed by atoms with Gasteiger partial charge >= 0.3 is 13.4 Å². The van der Waals surface area contributed by atoms with Crippen LogP contribution in [-0.4, -0.2) is 7.25 Å². The maximum Gasteiger partial charge on any atom is 0.673 e. The molecule has 0 radical (unpaired) electrons. The second-order valence-electron chi connectivity index (χ2n) is 7.38. The van der Waals surface area contributed by atoms with Gasteiger partial charge in [-0.15, -0.1) is 0 Å². The number of aromatic nitrogens is 1. The number of halogens is 7. The number of benzene rings is 3. The lowest BCUT2D eigenvalue weighted by atomic mass is 9.98. The monoisotopic (exact) mass is 477 g/mol. The summed E-state index contributed by atoms with van der Waals surface area (Å²) in [5.41, 5.74) is 5.03. The van der Waals surface area contributed by atoms with E-state index in [1.807, 2.05) is 79.8 Å². The molecule has 34 heavy (non-hydrogen) atoms. The molecule has 0 aliphatic carbocycles. The molecule has 0 saturated heterocycles. The van der Waals surface area contributed by atoms with Crippen LogP contribution in [0.25, 0.3) is 33.6 Å². The number of hydrogen-bond acceptors (Lipinski definition) is 0. The normalized spacial score (nSPS) is 11.5. The summed E-state index contributed by atoms with van der Waals surface area (Å²) >= 11 is 0. The zero-order valence-corrected chi connectivity index (χ0v) is 17.9. The van der Waals surface area contributed by atoms with Crippen molar-refractivity contribution in [3.05, 3.63) is 103 Å². The minimum Gasteiger partial charge on any atom is -0.418 e. The Bertz CT molecular complexity index is 1150. The van der Waals surface area contributed by atoms with Gasteiger partial charge in [-0.3, -0.25) is 0 Å². The number of alkyl halides is 3. The number of pyridine rings is 1. The zero-order chi connectivity index (χ0) is 24.9. The van der Waals surface area contributed by atoms with Crippen molar-refractivity contribution in [1.29, 1.82) is 0 Å². The topological polar surface area (TPSA) is 3.88 Å². The fraction of sp³-hybridized carbons (Fsp3) is 0.0800. The smallest absolute Gasteiger partial charge is 0.418 e. The van der Waals surface area contributed by atoms with Crippen LogP contribution in [0.15, 0.2) is 97.1 Å². The molecule has 1 heterocycles. The molecule has 0 fully saturated rings. The van der Waals surface area contributed by atoms with Crippen LogP contribution in [0.2, 0.25) is 0 Å². The van der Waals surface area contributed by atoms with E-state index >= 15 is 0 Å². The van der Waals surface area contributed by atoms with Gasteiger partial charge in [0.1, 0.15) is 7.05 Å². The summed E-state index contributed by atoms with van der Waals surface area (Å²) < 4.78 is 79.9. The van der Waals surface area contributed by atoms with E-state index in [0.29, 0.717) is 0 Å². The third-order valence-electron chi connectivity index (χ3n) is 4.99. The molecule has 0 aliphatic rings. The van der Waals surface area contributed by atoms with Gasteiger partial charge in [-0.2, -0.15) is 17.7 Å². The zero-order valence-electron chi connectivity index (χ0n) is 17.9. The molecule has 176 valence electrons. The highest BCUT2D eigenvalue weighted by atomic mass is 19.5. The average Bonchev–Trinajstić information content (AvgIpc) is 2.79. The van der Waals surface area contributed by atoms with Crippen LogP contribution in [0.1, 0.15) is 5.56 Å². The SMILES string of the molecule is C[n+]1c(-c2ccccc2)cc(-c2ccc(C(F)(F)F)cc2)cc1-c1ccccc1.F[B-](F)(F)F. The number of hydrogen-bond donors (Lipinski definition) is 0. The van der Waals surface area contributed by atoms with E-state index in [1.54, 1.807) is 0 Å². The molecule has 4 aromatic rings. The van der Waals surface area contributed by atoms with E-state index in [2.05, 4.69) is 4.57 Å². The number of rotatable bonds is 3. The van der Waals surface area contributed by atoms with Crippen molar-refractivity contribution in [3.8, 4) is 33.6 Å². The van der Waals surface area contributed by atoms with Gasteiger partial charge in [-0.25, -0.2) is 0 Å². The van der Waals surface area contributed by atoms with Crippen molar-refractivity contribution in [2.24, 2.45) is 7.05 Å². The highest BCUT2D eigenvalue weighted by molar-refractivity contribution is 6.50. The Hall–Kier alpha value is -3.62. The first kappa shape index (κ1) is 25.0. The molecule has 0 amide bonds. The van der Waals surface area contributed by atoms with Gasteiger partial charge in [0, 0.05) is 23.3 Å². The quantitative estimate of drug-likeness (QED) is 0.161. The van der Waals surface area contributed by atoms with Crippen molar-refractivity contribution in [1.82, 2.24) is 0 Å². The summed E-state index contributed by atoms with van der Waals surface area (Å²) in [6.45, 7) is 0. The second kappa shape index (κ2) is 10.1. The summed E-state index contributed by atoms with van der Waals surface area (Å²) in [6, 6.07) is 29.3. The van der Waals surface area contributed by atoms with Crippen molar-refractivity contribution in [3.63, 3.8) is 0 Å². The molecule has 0 unspecified atom stereocenters. The molecule has 3 aromatic carbocycles. The van der Waals surface area contributed by atoms with E-state index in [1.165, 1.54) is 12.1 Å². The van der Waals surface area contributed by atoms with Gasteiger partial charge in [-0.05, 0) is 47.5 Å². The molecule has 0 N–H and O–H groups in total. The van der Waals surface area contributed by atoms with Crippen molar-refractivity contribution in [2.45, 2.75) is 6.18 Å². The summed E-state index contributed by atoms with van der Waals surface area (Å²) in [5.74, 6) is 0. The lowest BCUT2D eigenvalue weighted by Gasteiger charge is -2.11. The van der Waals surface area contributed by atoms with Gasteiger partial charge in [0.05, 0.1) is 5.56 Å². The van der Waals surface area contributed by atoms with Gasteiger partial charge in [0.25, 0.3) is 0 Å². The number of nitrogens with zero attached hydrogens (tertiary/aromatic N) is 1. The van der Waals surface area contributed by atoms with E-state index in [4.69, 9.17) is 0 Å². The Morgan fingerprint density at radius 3 is 1.29 bits per heavy atom. The Kier molecular flexibility index (Phi) is 7.44. The fourth-order valence-electron chi connectivity index (χ4n) is 3.45. The molecule has 1 aromatic heterocycles. The predicted octanol–water partition coefficient (Wildman–Crippen LogP) is 7.83. The molecule has 0 atom stereocenters. The minimum absolute atomic E-state index is 0.644. The molecule has 0 spiro atoms. The summed E-state index contributed by atoms with van der Waals surface area (Å²) in [5, 5.41) is 0. The summed E-state index contributed by atoms with van der Waals surface area (Å²) in [6.07, 6.45) is -4.34. The Morgan fingerprint density at radius 1 is 0.559 bits per heavy atom. The molecule has 1 nitrogen and oxygen atoms in total. The van der Waals surface area contributed by atoms with Crippen LogP contribution < -0.4 is 4.57 Å². The average molecular weight is 477 g/mol. The largest absolute Gasteiger partial charge is 0.673 e. The molecular weight excluding hydrogens is 458 g/mol. The first-order valence-corrected chi connectivity index (χ1v) is 10.1.